The third kappa shape index (κ3) is 3.33. The summed E-state index contributed by atoms with van der Waals surface area (Å²) < 4.78 is 0. The molecule has 2 aliphatic rings. The zero-order valence-electron chi connectivity index (χ0n) is 13.7. The lowest BCUT2D eigenvalue weighted by Gasteiger charge is -2.46. The van der Waals surface area contributed by atoms with Gasteiger partial charge in [0, 0.05) is 18.6 Å². The summed E-state index contributed by atoms with van der Waals surface area (Å²) in [4.78, 5) is 2.79. The molecule has 0 aromatic carbocycles. The average Bonchev–Trinajstić information content (AvgIpc) is 2.66. The summed E-state index contributed by atoms with van der Waals surface area (Å²) in [6.45, 7) is 14.2. The highest BCUT2D eigenvalue weighted by atomic mass is 15.2. The van der Waals surface area contributed by atoms with Crippen molar-refractivity contribution in [1.82, 2.24) is 4.90 Å². The van der Waals surface area contributed by atoms with Gasteiger partial charge in [0.15, 0.2) is 0 Å². The molecular weight excluding hydrogens is 232 g/mol. The summed E-state index contributed by atoms with van der Waals surface area (Å²) in [5.74, 6) is 2.46. The Morgan fingerprint density at radius 1 is 1.11 bits per heavy atom. The van der Waals surface area contributed by atoms with Gasteiger partial charge in [0.2, 0.25) is 0 Å². The van der Waals surface area contributed by atoms with Gasteiger partial charge in [-0.15, -0.1) is 0 Å². The van der Waals surface area contributed by atoms with Crippen LogP contribution in [0.25, 0.3) is 0 Å². The van der Waals surface area contributed by atoms with Gasteiger partial charge in [0.05, 0.1) is 0 Å². The molecule has 0 amide bonds. The van der Waals surface area contributed by atoms with Crippen LogP contribution in [-0.2, 0) is 0 Å². The van der Waals surface area contributed by atoms with Crippen LogP contribution in [-0.4, -0.2) is 30.1 Å². The molecule has 0 aromatic heterocycles. The molecule has 0 aromatic rings. The SMILES string of the molecule is CC1CC(C)N(C2CC(C(C)(C)C)CCC2CN)C1. The Morgan fingerprint density at radius 3 is 2.26 bits per heavy atom. The molecule has 5 unspecified atom stereocenters. The van der Waals surface area contributed by atoms with E-state index in [1.165, 1.54) is 32.2 Å². The van der Waals surface area contributed by atoms with Gasteiger partial charge in [-0.3, -0.25) is 4.90 Å². The van der Waals surface area contributed by atoms with Crippen LogP contribution in [0.15, 0.2) is 0 Å². The molecule has 1 saturated heterocycles. The van der Waals surface area contributed by atoms with Gasteiger partial charge >= 0.3 is 0 Å². The van der Waals surface area contributed by atoms with Crippen molar-refractivity contribution < 1.29 is 0 Å². The summed E-state index contributed by atoms with van der Waals surface area (Å²) in [5, 5.41) is 0. The Bertz CT molecular complexity index is 294. The third-order valence-electron chi connectivity index (χ3n) is 5.74. The molecule has 2 N–H and O–H groups in total. The van der Waals surface area contributed by atoms with E-state index in [-0.39, 0.29) is 0 Å². The van der Waals surface area contributed by atoms with Crippen LogP contribution in [0.4, 0.5) is 0 Å². The number of nitrogens with zero attached hydrogens (tertiary/aromatic N) is 1. The minimum Gasteiger partial charge on any atom is -0.330 e. The van der Waals surface area contributed by atoms with Crippen LogP contribution in [0, 0.1) is 23.2 Å². The standard InChI is InChI=1S/C17H34N2/c1-12-8-13(2)19(11-12)16-9-15(17(3,4)5)7-6-14(16)10-18/h12-16H,6-11,18H2,1-5H3. The zero-order chi connectivity index (χ0) is 14.2. The van der Waals surface area contributed by atoms with Crippen molar-refractivity contribution in [2.24, 2.45) is 28.9 Å². The second-order valence-electron chi connectivity index (χ2n) is 8.33. The van der Waals surface area contributed by atoms with Crippen LogP contribution < -0.4 is 5.73 Å². The van der Waals surface area contributed by atoms with E-state index in [9.17, 15) is 0 Å². The highest BCUT2D eigenvalue weighted by molar-refractivity contribution is 4.95. The molecule has 2 rings (SSSR count). The highest BCUT2D eigenvalue weighted by Crippen LogP contribution is 2.43. The Morgan fingerprint density at radius 2 is 1.79 bits per heavy atom. The lowest BCUT2D eigenvalue weighted by atomic mass is 9.67. The number of likely N-dealkylation sites (tertiary alicyclic amines) is 1. The molecule has 1 heterocycles. The van der Waals surface area contributed by atoms with E-state index in [2.05, 4.69) is 39.5 Å². The highest BCUT2D eigenvalue weighted by Gasteiger charge is 2.41. The van der Waals surface area contributed by atoms with Crippen molar-refractivity contribution in [3.8, 4) is 0 Å². The topological polar surface area (TPSA) is 29.3 Å². The zero-order valence-corrected chi connectivity index (χ0v) is 13.7. The Balaban J connectivity index is 2.10. The first-order valence-corrected chi connectivity index (χ1v) is 8.28. The summed E-state index contributed by atoms with van der Waals surface area (Å²) >= 11 is 0. The first-order chi connectivity index (χ1) is 8.82. The molecule has 2 heteroatoms. The van der Waals surface area contributed by atoms with Crippen LogP contribution in [0.5, 0.6) is 0 Å². The normalized spacial score (nSPS) is 41.7. The molecule has 1 aliphatic heterocycles. The van der Waals surface area contributed by atoms with Crippen molar-refractivity contribution >= 4 is 0 Å². The van der Waals surface area contributed by atoms with Crippen LogP contribution in [0.3, 0.4) is 0 Å². The minimum absolute atomic E-state index is 0.451. The summed E-state index contributed by atoms with van der Waals surface area (Å²) in [7, 11) is 0. The van der Waals surface area contributed by atoms with E-state index in [0.29, 0.717) is 5.41 Å². The molecule has 1 saturated carbocycles. The van der Waals surface area contributed by atoms with Crippen molar-refractivity contribution in [3.63, 3.8) is 0 Å². The van der Waals surface area contributed by atoms with Gasteiger partial charge in [-0.25, -0.2) is 0 Å². The fraction of sp³-hybridized carbons (Fsp3) is 1.00. The smallest absolute Gasteiger partial charge is 0.0141 e. The lowest BCUT2D eigenvalue weighted by molar-refractivity contribution is 0.0404. The molecule has 19 heavy (non-hydrogen) atoms. The van der Waals surface area contributed by atoms with E-state index in [1.54, 1.807) is 0 Å². The molecule has 5 atom stereocenters. The average molecular weight is 266 g/mol. The Hall–Kier alpha value is -0.0800. The second kappa shape index (κ2) is 5.73. The maximum atomic E-state index is 6.07. The Kier molecular flexibility index (Phi) is 4.62. The van der Waals surface area contributed by atoms with Crippen LogP contribution >= 0.6 is 0 Å². The first-order valence-electron chi connectivity index (χ1n) is 8.28. The summed E-state index contributed by atoms with van der Waals surface area (Å²) in [6.07, 6.45) is 5.44. The number of hydrogen-bond donors (Lipinski definition) is 1. The first kappa shape index (κ1) is 15.3. The molecule has 0 bridgehead atoms. The molecule has 2 fully saturated rings. The van der Waals surface area contributed by atoms with E-state index in [0.717, 1.165) is 36.4 Å². The molecular formula is C17H34N2. The summed E-state index contributed by atoms with van der Waals surface area (Å²) in [6, 6.07) is 1.50. The predicted molar refractivity (Wildman–Crippen MR) is 83.1 cm³/mol. The molecule has 0 radical (unpaired) electrons. The van der Waals surface area contributed by atoms with E-state index in [4.69, 9.17) is 5.73 Å². The van der Waals surface area contributed by atoms with Crippen molar-refractivity contribution in [1.29, 1.82) is 0 Å². The maximum absolute atomic E-state index is 6.07. The molecule has 2 nitrogen and oxygen atoms in total. The number of hydrogen-bond acceptors (Lipinski definition) is 2. The minimum atomic E-state index is 0.451. The van der Waals surface area contributed by atoms with Crippen molar-refractivity contribution in [3.05, 3.63) is 0 Å². The van der Waals surface area contributed by atoms with Gasteiger partial charge in [-0.2, -0.15) is 0 Å². The fourth-order valence-corrected chi connectivity index (χ4v) is 4.47. The van der Waals surface area contributed by atoms with E-state index < -0.39 is 0 Å². The van der Waals surface area contributed by atoms with Gasteiger partial charge < -0.3 is 5.73 Å². The lowest BCUT2D eigenvalue weighted by Crippen LogP contribution is -2.49. The van der Waals surface area contributed by atoms with E-state index >= 15 is 0 Å². The fourth-order valence-electron chi connectivity index (χ4n) is 4.47. The quantitative estimate of drug-likeness (QED) is 0.829. The largest absolute Gasteiger partial charge is 0.330 e. The molecule has 0 spiro atoms. The third-order valence-corrected chi connectivity index (χ3v) is 5.74. The Labute approximate surface area is 120 Å². The van der Waals surface area contributed by atoms with Crippen LogP contribution in [0.1, 0.15) is 60.3 Å². The van der Waals surface area contributed by atoms with Crippen LogP contribution in [0.2, 0.25) is 0 Å². The summed E-state index contributed by atoms with van der Waals surface area (Å²) in [5.41, 5.74) is 6.52. The second-order valence-corrected chi connectivity index (χ2v) is 8.33. The van der Waals surface area contributed by atoms with E-state index in [1.807, 2.05) is 0 Å². The number of nitrogens with two attached hydrogens (primary N) is 1. The predicted octanol–water partition coefficient (Wildman–Crippen LogP) is 3.51. The molecule has 112 valence electrons. The van der Waals surface area contributed by atoms with Gasteiger partial charge in [-0.05, 0) is 62.3 Å². The monoisotopic (exact) mass is 266 g/mol. The maximum Gasteiger partial charge on any atom is 0.0141 e. The van der Waals surface area contributed by atoms with Crippen molar-refractivity contribution in [2.75, 3.05) is 13.1 Å². The van der Waals surface area contributed by atoms with Gasteiger partial charge in [0.1, 0.15) is 0 Å². The van der Waals surface area contributed by atoms with Gasteiger partial charge in [-0.1, -0.05) is 27.7 Å². The van der Waals surface area contributed by atoms with Crippen molar-refractivity contribution in [2.45, 2.75) is 72.4 Å². The van der Waals surface area contributed by atoms with Gasteiger partial charge in [0.25, 0.3) is 0 Å². The number of rotatable bonds is 2. The molecule has 1 aliphatic carbocycles.